The van der Waals surface area contributed by atoms with Crippen molar-refractivity contribution in [1.29, 1.82) is 0 Å². The topological polar surface area (TPSA) is 43.1 Å². The van der Waals surface area contributed by atoms with E-state index < -0.39 is 0 Å². The molecule has 0 atom stereocenters. The number of hydrogen-bond donors (Lipinski definition) is 1. The normalized spacial score (nSPS) is 10.5. The molecule has 2 aromatic carbocycles. The lowest BCUT2D eigenvalue weighted by Crippen LogP contribution is -2.06. The number of ketones is 1. The molecule has 2 rings (SSSR count). The molecule has 0 unspecified atom stereocenters. The van der Waals surface area contributed by atoms with E-state index in [-0.39, 0.29) is 5.78 Å². The second-order valence-electron chi connectivity index (χ2n) is 4.45. The molecular weight excluding hydrogens is 370 g/mol. The fraction of sp³-hybridized carbons (Fsp3) is 0.133. The van der Waals surface area contributed by atoms with E-state index in [1.54, 1.807) is 18.2 Å². The van der Waals surface area contributed by atoms with Crippen molar-refractivity contribution in [3.05, 3.63) is 61.5 Å². The van der Waals surface area contributed by atoms with Crippen LogP contribution in [0.3, 0.4) is 0 Å². The first-order valence-corrected chi connectivity index (χ1v) is 7.36. The van der Waals surface area contributed by atoms with Gasteiger partial charge in [-0.3, -0.25) is 4.79 Å². The van der Waals surface area contributed by atoms with Crippen molar-refractivity contribution in [3.8, 4) is 0 Å². The summed E-state index contributed by atoms with van der Waals surface area (Å²) in [5.74, 6) is -0.0210. The standard InChI is InChI=1S/C15H13Br2NO/c1-8-7-12(16)9(2)6-11(8)15(19)10-4-3-5-13(18)14(10)17/h3-7H,18H2,1-2H3. The van der Waals surface area contributed by atoms with Gasteiger partial charge in [0.2, 0.25) is 0 Å². The SMILES string of the molecule is Cc1cc(C(=O)c2cccc(N)c2Br)c(C)cc1Br. The summed E-state index contributed by atoms with van der Waals surface area (Å²) >= 11 is 6.85. The van der Waals surface area contributed by atoms with Gasteiger partial charge in [-0.25, -0.2) is 0 Å². The van der Waals surface area contributed by atoms with Crippen LogP contribution in [-0.4, -0.2) is 5.78 Å². The van der Waals surface area contributed by atoms with E-state index >= 15 is 0 Å². The molecule has 0 radical (unpaired) electrons. The lowest BCUT2D eigenvalue weighted by atomic mass is 9.97. The average Bonchev–Trinajstić information content (AvgIpc) is 2.36. The van der Waals surface area contributed by atoms with E-state index in [2.05, 4.69) is 31.9 Å². The van der Waals surface area contributed by atoms with Crippen LogP contribution in [0.25, 0.3) is 0 Å². The Bertz CT molecular complexity index is 665. The molecular formula is C15H13Br2NO. The van der Waals surface area contributed by atoms with Gasteiger partial charge in [0, 0.05) is 21.3 Å². The zero-order valence-corrected chi connectivity index (χ0v) is 13.8. The molecule has 2 N–H and O–H groups in total. The zero-order chi connectivity index (χ0) is 14.2. The first kappa shape index (κ1) is 14.3. The van der Waals surface area contributed by atoms with Gasteiger partial charge in [0.05, 0.1) is 4.47 Å². The van der Waals surface area contributed by atoms with Crippen molar-refractivity contribution in [2.45, 2.75) is 13.8 Å². The third-order valence-corrected chi connectivity index (χ3v) is 4.76. The van der Waals surface area contributed by atoms with E-state index in [0.29, 0.717) is 21.3 Å². The third kappa shape index (κ3) is 2.74. The van der Waals surface area contributed by atoms with E-state index in [4.69, 9.17) is 5.73 Å². The lowest BCUT2D eigenvalue weighted by Gasteiger charge is -2.10. The number of anilines is 1. The monoisotopic (exact) mass is 381 g/mol. The fourth-order valence-electron chi connectivity index (χ4n) is 1.90. The quantitative estimate of drug-likeness (QED) is 0.607. The highest BCUT2D eigenvalue weighted by atomic mass is 79.9. The molecule has 0 bridgehead atoms. The summed E-state index contributed by atoms with van der Waals surface area (Å²) < 4.78 is 1.66. The molecule has 0 spiro atoms. The predicted molar refractivity (Wildman–Crippen MR) is 85.6 cm³/mol. The first-order chi connectivity index (χ1) is 8.91. The highest BCUT2D eigenvalue weighted by molar-refractivity contribution is 9.11. The maximum Gasteiger partial charge on any atom is 0.194 e. The number of aryl methyl sites for hydroxylation is 2. The largest absolute Gasteiger partial charge is 0.398 e. The van der Waals surface area contributed by atoms with E-state index in [0.717, 1.165) is 15.6 Å². The van der Waals surface area contributed by atoms with Gasteiger partial charge in [-0.15, -0.1) is 0 Å². The Morgan fingerprint density at radius 2 is 1.74 bits per heavy atom. The molecule has 2 nitrogen and oxygen atoms in total. The van der Waals surface area contributed by atoms with Crippen LogP contribution < -0.4 is 5.73 Å². The lowest BCUT2D eigenvalue weighted by molar-refractivity contribution is 0.103. The van der Waals surface area contributed by atoms with Crippen molar-refractivity contribution in [2.24, 2.45) is 0 Å². The Balaban J connectivity index is 2.56. The van der Waals surface area contributed by atoms with Gasteiger partial charge in [-0.05, 0) is 65.2 Å². The molecule has 0 heterocycles. The van der Waals surface area contributed by atoms with E-state index in [9.17, 15) is 4.79 Å². The van der Waals surface area contributed by atoms with Gasteiger partial charge in [0.15, 0.2) is 5.78 Å². The maximum atomic E-state index is 12.6. The van der Waals surface area contributed by atoms with Crippen LogP contribution in [0.15, 0.2) is 39.3 Å². The number of carbonyl (C=O) groups excluding carboxylic acids is 1. The number of hydrogen-bond acceptors (Lipinski definition) is 2. The zero-order valence-electron chi connectivity index (χ0n) is 10.6. The minimum atomic E-state index is -0.0210. The molecule has 0 aliphatic carbocycles. The second kappa shape index (κ2) is 5.47. The van der Waals surface area contributed by atoms with E-state index in [1.165, 1.54) is 0 Å². The smallest absolute Gasteiger partial charge is 0.194 e. The summed E-state index contributed by atoms with van der Waals surface area (Å²) in [4.78, 5) is 12.6. The third-order valence-electron chi connectivity index (χ3n) is 3.02. The number of carbonyl (C=O) groups is 1. The van der Waals surface area contributed by atoms with Crippen molar-refractivity contribution in [1.82, 2.24) is 0 Å². The van der Waals surface area contributed by atoms with Gasteiger partial charge in [0.25, 0.3) is 0 Å². The van der Waals surface area contributed by atoms with Crippen molar-refractivity contribution in [2.75, 3.05) is 5.73 Å². The van der Waals surface area contributed by atoms with Crippen LogP contribution in [0, 0.1) is 13.8 Å². The molecule has 0 aromatic heterocycles. The summed E-state index contributed by atoms with van der Waals surface area (Å²) in [5, 5.41) is 0. The minimum Gasteiger partial charge on any atom is -0.398 e. The summed E-state index contributed by atoms with van der Waals surface area (Å²) in [6.45, 7) is 3.90. The average molecular weight is 383 g/mol. The predicted octanol–water partition coefficient (Wildman–Crippen LogP) is 4.64. The molecule has 98 valence electrons. The maximum absolute atomic E-state index is 12.6. The first-order valence-electron chi connectivity index (χ1n) is 5.77. The Hall–Kier alpha value is -1.13. The molecule has 0 fully saturated rings. The van der Waals surface area contributed by atoms with Gasteiger partial charge in [-0.1, -0.05) is 22.0 Å². The van der Waals surface area contributed by atoms with E-state index in [1.807, 2.05) is 26.0 Å². The van der Waals surface area contributed by atoms with Crippen LogP contribution in [0.2, 0.25) is 0 Å². The van der Waals surface area contributed by atoms with Gasteiger partial charge in [-0.2, -0.15) is 0 Å². The molecule has 0 aliphatic heterocycles. The second-order valence-corrected chi connectivity index (χ2v) is 6.10. The van der Waals surface area contributed by atoms with Gasteiger partial charge >= 0.3 is 0 Å². The van der Waals surface area contributed by atoms with Crippen LogP contribution in [0.1, 0.15) is 27.0 Å². The summed E-state index contributed by atoms with van der Waals surface area (Å²) in [6.07, 6.45) is 0. The highest BCUT2D eigenvalue weighted by Crippen LogP contribution is 2.28. The van der Waals surface area contributed by atoms with Gasteiger partial charge < -0.3 is 5.73 Å². The molecule has 19 heavy (non-hydrogen) atoms. The number of benzene rings is 2. The van der Waals surface area contributed by atoms with Crippen LogP contribution in [0.4, 0.5) is 5.69 Å². The Morgan fingerprint density at radius 1 is 1.05 bits per heavy atom. The number of rotatable bonds is 2. The number of nitrogen functional groups attached to an aromatic ring is 1. The van der Waals surface area contributed by atoms with Gasteiger partial charge in [0.1, 0.15) is 0 Å². The van der Waals surface area contributed by atoms with Crippen LogP contribution in [-0.2, 0) is 0 Å². The number of nitrogens with two attached hydrogens (primary N) is 1. The molecule has 0 amide bonds. The van der Waals surface area contributed by atoms with Crippen LogP contribution in [0.5, 0.6) is 0 Å². The molecule has 0 saturated carbocycles. The van der Waals surface area contributed by atoms with Crippen molar-refractivity contribution in [3.63, 3.8) is 0 Å². The highest BCUT2D eigenvalue weighted by Gasteiger charge is 2.16. The number of halogens is 2. The molecule has 2 aromatic rings. The Kier molecular flexibility index (Phi) is 4.11. The van der Waals surface area contributed by atoms with Crippen molar-refractivity contribution >= 4 is 43.3 Å². The molecule has 0 saturated heterocycles. The van der Waals surface area contributed by atoms with Crippen LogP contribution >= 0.6 is 31.9 Å². The summed E-state index contributed by atoms with van der Waals surface area (Å²) in [7, 11) is 0. The fourth-order valence-corrected chi connectivity index (χ4v) is 2.80. The Morgan fingerprint density at radius 3 is 2.42 bits per heavy atom. The Labute approximate surface area is 129 Å². The molecule has 0 aliphatic rings. The summed E-state index contributed by atoms with van der Waals surface area (Å²) in [6, 6.07) is 9.19. The molecule has 4 heteroatoms. The minimum absolute atomic E-state index is 0.0210. The van der Waals surface area contributed by atoms with Crippen molar-refractivity contribution < 1.29 is 4.79 Å². The summed E-state index contributed by atoms with van der Waals surface area (Å²) in [5.41, 5.74) is 9.66.